The number of hydrogen-bond acceptors (Lipinski definition) is 2. The summed E-state index contributed by atoms with van der Waals surface area (Å²) in [5, 5.41) is 0. The maximum atomic E-state index is 11.4. The van der Waals surface area contributed by atoms with Crippen LogP contribution in [0.2, 0.25) is 0 Å². The molecule has 3 heteroatoms. The van der Waals surface area contributed by atoms with Crippen LogP contribution < -0.4 is 0 Å². The van der Waals surface area contributed by atoms with Gasteiger partial charge in [-0.15, -0.1) is 0 Å². The third kappa shape index (κ3) is 1.97. The normalized spacial score (nSPS) is 24.7. The molecule has 1 heterocycles. The van der Waals surface area contributed by atoms with E-state index in [2.05, 4.69) is 0 Å². The number of rotatable bonds is 3. The van der Waals surface area contributed by atoms with E-state index in [-0.39, 0.29) is 5.91 Å². The lowest BCUT2D eigenvalue weighted by Crippen LogP contribution is -2.45. The highest BCUT2D eigenvalue weighted by molar-refractivity contribution is 5.77. The van der Waals surface area contributed by atoms with Gasteiger partial charge in [-0.3, -0.25) is 4.79 Å². The van der Waals surface area contributed by atoms with Crippen LogP contribution in [0.4, 0.5) is 0 Å². The molecule has 1 saturated heterocycles. The number of piperidine rings is 1. The van der Waals surface area contributed by atoms with Crippen LogP contribution >= 0.6 is 0 Å². The van der Waals surface area contributed by atoms with Crippen molar-refractivity contribution in [2.24, 2.45) is 0 Å². The Hall–Kier alpha value is -0.570. The highest BCUT2D eigenvalue weighted by Crippen LogP contribution is 2.17. The van der Waals surface area contributed by atoms with Crippen LogP contribution in [0.5, 0.6) is 0 Å². The van der Waals surface area contributed by atoms with Gasteiger partial charge in [0.2, 0.25) is 5.91 Å². The average Bonchev–Trinajstić information content (AvgIpc) is 2.05. The maximum Gasteiger partial charge on any atom is 0.222 e. The molecule has 0 saturated carbocycles. The van der Waals surface area contributed by atoms with E-state index in [9.17, 15) is 4.79 Å². The summed E-state index contributed by atoms with van der Waals surface area (Å²) >= 11 is 0. The third-order valence-corrected chi connectivity index (χ3v) is 2.39. The molecule has 1 amide bonds. The number of hydrogen-bond donors (Lipinski definition) is 0. The Balaban J connectivity index is 2.51. The van der Waals surface area contributed by atoms with Gasteiger partial charge < -0.3 is 9.64 Å². The van der Waals surface area contributed by atoms with Gasteiger partial charge in [0.15, 0.2) is 0 Å². The quantitative estimate of drug-likeness (QED) is 0.635. The molecule has 12 heavy (non-hydrogen) atoms. The number of ether oxygens (including phenoxy) is 1. The smallest absolute Gasteiger partial charge is 0.222 e. The van der Waals surface area contributed by atoms with Gasteiger partial charge in [-0.25, -0.2) is 0 Å². The van der Waals surface area contributed by atoms with Gasteiger partial charge in [-0.1, -0.05) is 0 Å². The Labute approximate surface area is 73.7 Å². The first kappa shape index (κ1) is 9.52. The number of amides is 1. The second-order valence-electron chi connectivity index (χ2n) is 3.18. The van der Waals surface area contributed by atoms with E-state index in [1.807, 2.05) is 11.8 Å². The van der Waals surface area contributed by atoms with E-state index in [0.717, 1.165) is 19.4 Å². The zero-order valence-electron chi connectivity index (χ0n) is 7.88. The predicted octanol–water partition coefficient (Wildman–Crippen LogP) is 1.03. The van der Waals surface area contributed by atoms with E-state index in [0.29, 0.717) is 19.1 Å². The summed E-state index contributed by atoms with van der Waals surface area (Å²) in [6.45, 7) is 3.51. The maximum absolute atomic E-state index is 11.4. The summed E-state index contributed by atoms with van der Waals surface area (Å²) in [5.41, 5.74) is 0. The molecule has 0 radical (unpaired) electrons. The molecule has 0 aliphatic carbocycles. The number of methoxy groups -OCH3 is 1. The van der Waals surface area contributed by atoms with Crippen molar-refractivity contribution in [1.29, 1.82) is 0 Å². The molecule has 1 fully saturated rings. The Morgan fingerprint density at radius 2 is 2.42 bits per heavy atom. The van der Waals surface area contributed by atoms with Crippen LogP contribution in [0, 0.1) is 0 Å². The van der Waals surface area contributed by atoms with Crippen LogP contribution in [0.3, 0.4) is 0 Å². The first-order chi connectivity index (χ1) is 5.79. The van der Waals surface area contributed by atoms with E-state index >= 15 is 0 Å². The van der Waals surface area contributed by atoms with Gasteiger partial charge in [0.1, 0.15) is 0 Å². The zero-order chi connectivity index (χ0) is 8.97. The molecule has 0 spiro atoms. The van der Waals surface area contributed by atoms with E-state index in [4.69, 9.17) is 4.74 Å². The molecular weight excluding hydrogens is 154 g/mol. The SMILES string of the molecule is CCN1C(=O)CCCC1COC. The lowest BCUT2D eigenvalue weighted by molar-refractivity contribution is -0.137. The molecule has 0 N–H and O–H groups in total. The van der Waals surface area contributed by atoms with Crippen LogP contribution in [0.25, 0.3) is 0 Å². The Bertz CT molecular complexity index is 157. The fraction of sp³-hybridized carbons (Fsp3) is 0.889. The molecule has 1 rings (SSSR count). The molecule has 0 aromatic carbocycles. The monoisotopic (exact) mass is 171 g/mol. The van der Waals surface area contributed by atoms with Gasteiger partial charge in [-0.2, -0.15) is 0 Å². The van der Waals surface area contributed by atoms with Crippen molar-refractivity contribution in [1.82, 2.24) is 4.90 Å². The first-order valence-corrected chi connectivity index (χ1v) is 4.58. The largest absolute Gasteiger partial charge is 0.383 e. The van der Waals surface area contributed by atoms with Gasteiger partial charge in [0.25, 0.3) is 0 Å². The molecule has 1 unspecified atom stereocenters. The minimum atomic E-state index is 0.283. The molecular formula is C9H17NO2. The molecule has 0 aromatic rings. The van der Waals surface area contributed by atoms with Gasteiger partial charge in [-0.05, 0) is 19.8 Å². The Morgan fingerprint density at radius 3 is 3.00 bits per heavy atom. The van der Waals surface area contributed by atoms with Gasteiger partial charge in [0, 0.05) is 20.1 Å². The zero-order valence-corrected chi connectivity index (χ0v) is 7.88. The van der Waals surface area contributed by atoms with Gasteiger partial charge in [0.05, 0.1) is 12.6 Å². The summed E-state index contributed by atoms with van der Waals surface area (Å²) in [7, 11) is 1.69. The molecule has 70 valence electrons. The number of carbonyl (C=O) groups is 1. The first-order valence-electron chi connectivity index (χ1n) is 4.58. The lowest BCUT2D eigenvalue weighted by atomic mass is 10.0. The number of carbonyl (C=O) groups excluding carboxylic acids is 1. The van der Waals surface area contributed by atoms with Crippen LogP contribution in [0.1, 0.15) is 26.2 Å². The lowest BCUT2D eigenvalue weighted by Gasteiger charge is -2.34. The fourth-order valence-corrected chi connectivity index (χ4v) is 1.79. The molecule has 1 aliphatic rings. The summed E-state index contributed by atoms with van der Waals surface area (Å²) in [6.07, 6.45) is 2.82. The standard InChI is InChI=1S/C9H17NO2/c1-3-10-8(7-12-2)5-4-6-9(10)11/h8H,3-7H2,1-2H3. The second kappa shape index (κ2) is 4.45. The topological polar surface area (TPSA) is 29.5 Å². The summed E-state index contributed by atoms with van der Waals surface area (Å²) in [6, 6.07) is 0.321. The highest BCUT2D eigenvalue weighted by Gasteiger charge is 2.25. The van der Waals surface area contributed by atoms with E-state index < -0.39 is 0 Å². The Kier molecular flexibility index (Phi) is 3.53. The number of likely N-dealkylation sites (N-methyl/N-ethyl adjacent to an activating group) is 1. The van der Waals surface area contributed by atoms with Crippen molar-refractivity contribution in [3.05, 3.63) is 0 Å². The minimum Gasteiger partial charge on any atom is -0.383 e. The van der Waals surface area contributed by atoms with E-state index in [1.165, 1.54) is 0 Å². The third-order valence-electron chi connectivity index (χ3n) is 2.39. The van der Waals surface area contributed by atoms with Crippen LogP contribution in [-0.4, -0.2) is 37.1 Å². The minimum absolute atomic E-state index is 0.283. The van der Waals surface area contributed by atoms with Crippen molar-refractivity contribution in [2.75, 3.05) is 20.3 Å². The second-order valence-corrected chi connectivity index (χ2v) is 3.18. The van der Waals surface area contributed by atoms with Crippen molar-refractivity contribution < 1.29 is 9.53 Å². The predicted molar refractivity (Wildman–Crippen MR) is 46.9 cm³/mol. The Morgan fingerprint density at radius 1 is 1.67 bits per heavy atom. The molecule has 0 aromatic heterocycles. The summed E-state index contributed by atoms with van der Waals surface area (Å²) in [5.74, 6) is 0.283. The molecule has 3 nitrogen and oxygen atoms in total. The van der Waals surface area contributed by atoms with E-state index in [1.54, 1.807) is 7.11 Å². The van der Waals surface area contributed by atoms with Gasteiger partial charge >= 0.3 is 0 Å². The molecule has 0 bridgehead atoms. The van der Waals surface area contributed by atoms with Crippen molar-refractivity contribution >= 4 is 5.91 Å². The van der Waals surface area contributed by atoms with Crippen molar-refractivity contribution in [2.45, 2.75) is 32.2 Å². The van der Waals surface area contributed by atoms with Crippen LogP contribution in [0.15, 0.2) is 0 Å². The number of nitrogens with zero attached hydrogens (tertiary/aromatic N) is 1. The van der Waals surface area contributed by atoms with Crippen LogP contribution in [-0.2, 0) is 9.53 Å². The summed E-state index contributed by atoms with van der Waals surface area (Å²) in [4.78, 5) is 13.3. The van der Waals surface area contributed by atoms with Crippen molar-refractivity contribution in [3.63, 3.8) is 0 Å². The molecule has 1 atom stereocenters. The number of likely N-dealkylation sites (tertiary alicyclic amines) is 1. The average molecular weight is 171 g/mol. The highest BCUT2D eigenvalue weighted by atomic mass is 16.5. The fourth-order valence-electron chi connectivity index (χ4n) is 1.79. The summed E-state index contributed by atoms with van der Waals surface area (Å²) < 4.78 is 5.07. The van der Waals surface area contributed by atoms with Crippen molar-refractivity contribution in [3.8, 4) is 0 Å². The molecule has 1 aliphatic heterocycles.